The SMILES string of the molecule is CCCC(C)=Nc1ncnc2nc[nH]c12. The Morgan fingerprint density at radius 2 is 2.27 bits per heavy atom. The number of nitrogens with one attached hydrogen (secondary N) is 1. The highest BCUT2D eigenvalue weighted by Crippen LogP contribution is 2.18. The van der Waals surface area contributed by atoms with Crippen molar-refractivity contribution in [3.05, 3.63) is 12.7 Å². The fraction of sp³-hybridized carbons (Fsp3) is 0.400. The number of hydrogen-bond acceptors (Lipinski definition) is 4. The first-order chi connectivity index (χ1) is 7.31. The Kier molecular flexibility index (Phi) is 2.71. The van der Waals surface area contributed by atoms with Crippen LogP contribution in [-0.4, -0.2) is 25.6 Å². The third kappa shape index (κ3) is 2.01. The van der Waals surface area contributed by atoms with Crippen LogP contribution in [-0.2, 0) is 0 Å². The maximum absolute atomic E-state index is 4.44. The van der Waals surface area contributed by atoms with E-state index in [1.54, 1.807) is 6.33 Å². The van der Waals surface area contributed by atoms with Crippen LogP contribution in [0.15, 0.2) is 17.6 Å². The Balaban J connectivity index is 2.43. The summed E-state index contributed by atoms with van der Waals surface area (Å²) < 4.78 is 0. The van der Waals surface area contributed by atoms with E-state index in [1.165, 1.54) is 6.33 Å². The summed E-state index contributed by atoms with van der Waals surface area (Å²) in [7, 11) is 0. The summed E-state index contributed by atoms with van der Waals surface area (Å²) in [5, 5.41) is 0. The Morgan fingerprint density at radius 1 is 1.40 bits per heavy atom. The van der Waals surface area contributed by atoms with Crippen LogP contribution in [0, 0.1) is 0 Å². The first-order valence-electron chi connectivity index (χ1n) is 4.99. The lowest BCUT2D eigenvalue weighted by Gasteiger charge is -1.98. The van der Waals surface area contributed by atoms with Crippen LogP contribution in [0.4, 0.5) is 5.82 Å². The number of H-pyrrole nitrogens is 1. The quantitative estimate of drug-likeness (QED) is 0.778. The van der Waals surface area contributed by atoms with Crippen LogP contribution < -0.4 is 0 Å². The van der Waals surface area contributed by atoms with Gasteiger partial charge in [0.25, 0.3) is 0 Å². The maximum atomic E-state index is 4.44. The Morgan fingerprint density at radius 3 is 3.07 bits per heavy atom. The van der Waals surface area contributed by atoms with E-state index in [0.717, 1.165) is 24.1 Å². The summed E-state index contributed by atoms with van der Waals surface area (Å²) in [6.07, 6.45) is 5.17. The molecule has 1 N–H and O–H groups in total. The fourth-order valence-electron chi connectivity index (χ4n) is 1.44. The lowest BCUT2D eigenvalue weighted by atomic mass is 10.2. The molecule has 0 atom stereocenters. The zero-order valence-corrected chi connectivity index (χ0v) is 8.86. The van der Waals surface area contributed by atoms with Gasteiger partial charge in [-0.05, 0) is 13.3 Å². The summed E-state index contributed by atoms with van der Waals surface area (Å²) in [4.78, 5) is 19.7. The van der Waals surface area contributed by atoms with Crippen LogP contribution in [0.25, 0.3) is 11.2 Å². The molecule has 0 bridgehead atoms. The van der Waals surface area contributed by atoms with Gasteiger partial charge >= 0.3 is 0 Å². The second-order valence-corrected chi connectivity index (χ2v) is 3.40. The monoisotopic (exact) mass is 203 g/mol. The maximum Gasteiger partial charge on any atom is 0.182 e. The average Bonchev–Trinajstić information content (AvgIpc) is 2.67. The van der Waals surface area contributed by atoms with E-state index in [0.29, 0.717) is 11.5 Å². The fourth-order valence-corrected chi connectivity index (χ4v) is 1.44. The molecule has 0 aliphatic heterocycles. The topological polar surface area (TPSA) is 66.8 Å². The third-order valence-electron chi connectivity index (χ3n) is 2.11. The molecule has 78 valence electrons. The van der Waals surface area contributed by atoms with E-state index in [1.807, 2.05) is 6.92 Å². The molecule has 0 unspecified atom stereocenters. The van der Waals surface area contributed by atoms with Gasteiger partial charge in [-0.25, -0.2) is 19.9 Å². The lowest BCUT2D eigenvalue weighted by molar-refractivity contribution is 0.986. The molecule has 15 heavy (non-hydrogen) atoms. The van der Waals surface area contributed by atoms with Gasteiger partial charge < -0.3 is 4.98 Å². The summed E-state index contributed by atoms with van der Waals surface area (Å²) in [6, 6.07) is 0. The minimum Gasteiger partial charge on any atom is -0.340 e. The molecule has 5 nitrogen and oxygen atoms in total. The van der Waals surface area contributed by atoms with Crippen LogP contribution in [0.3, 0.4) is 0 Å². The number of imidazole rings is 1. The third-order valence-corrected chi connectivity index (χ3v) is 2.11. The van der Waals surface area contributed by atoms with Gasteiger partial charge in [0.15, 0.2) is 11.5 Å². The molecule has 0 amide bonds. The second kappa shape index (κ2) is 4.16. The molecule has 0 aliphatic rings. The standard InChI is InChI=1S/C10H13N5/c1-3-4-7(2)15-10-8-9(12-5-11-8)13-6-14-10/h5-6H,3-4H2,1-2H3,(H,11,12,13,14). The van der Waals surface area contributed by atoms with Gasteiger partial charge in [0.2, 0.25) is 0 Å². The van der Waals surface area contributed by atoms with Gasteiger partial charge in [0.05, 0.1) is 6.33 Å². The molecule has 0 saturated carbocycles. The molecular weight excluding hydrogens is 190 g/mol. The van der Waals surface area contributed by atoms with E-state index in [9.17, 15) is 0 Å². The van der Waals surface area contributed by atoms with E-state index in [-0.39, 0.29) is 0 Å². The number of rotatable bonds is 3. The summed E-state index contributed by atoms with van der Waals surface area (Å²) >= 11 is 0. The predicted molar refractivity (Wildman–Crippen MR) is 59.4 cm³/mol. The normalized spacial score (nSPS) is 12.3. The lowest BCUT2D eigenvalue weighted by Crippen LogP contribution is -1.90. The molecule has 0 radical (unpaired) electrons. The van der Waals surface area contributed by atoms with Gasteiger partial charge in [0.1, 0.15) is 11.8 Å². The number of hydrogen-bond donors (Lipinski definition) is 1. The number of fused-ring (bicyclic) bond motifs is 1. The van der Waals surface area contributed by atoms with Crippen molar-refractivity contribution in [3.8, 4) is 0 Å². The number of aromatic amines is 1. The highest BCUT2D eigenvalue weighted by atomic mass is 15.0. The van der Waals surface area contributed by atoms with Crippen molar-refractivity contribution in [2.45, 2.75) is 26.7 Å². The minimum absolute atomic E-state index is 0.660. The van der Waals surface area contributed by atoms with Crippen LogP contribution in [0.5, 0.6) is 0 Å². The molecule has 5 heteroatoms. The van der Waals surface area contributed by atoms with Crippen LogP contribution in [0.2, 0.25) is 0 Å². The van der Waals surface area contributed by atoms with E-state index in [2.05, 4.69) is 31.9 Å². The molecule has 2 heterocycles. The molecular formula is C10H13N5. The molecule has 0 aromatic carbocycles. The average molecular weight is 203 g/mol. The summed E-state index contributed by atoms with van der Waals surface area (Å²) in [5.74, 6) is 0.670. The first kappa shape index (κ1) is 9.76. The Hall–Kier alpha value is -1.78. The highest BCUT2D eigenvalue weighted by Gasteiger charge is 2.04. The van der Waals surface area contributed by atoms with Gasteiger partial charge in [-0.15, -0.1) is 0 Å². The van der Waals surface area contributed by atoms with Crippen LogP contribution >= 0.6 is 0 Å². The largest absolute Gasteiger partial charge is 0.340 e. The highest BCUT2D eigenvalue weighted by molar-refractivity contribution is 5.89. The molecule has 2 aromatic rings. The minimum atomic E-state index is 0.660. The van der Waals surface area contributed by atoms with Crippen molar-refractivity contribution in [1.82, 2.24) is 19.9 Å². The molecule has 2 rings (SSSR count). The zero-order valence-electron chi connectivity index (χ0n) is 8.86. The van der Waals surface area contributed by atoms with Crippen LogP contribution in [0.1, 0.15) is 26.7 Å². The molecule has 2 aromatic heterocycles. The first-order valence-corrected chi connectivity index (χ1v) is 4.99. The van der Waals surface area contributed by atoms with Gasteiger partial charge in [-0.1, -0.05) is 13.3 Å². The van der Waals surface area contributed by atoms with Crippen molar-refractivity contribution in [3.63, 3.8) is 0 Å². The summed E-state index contributed by atoms with van der Waals surface area (Å²) in [6.45, 7) is 4.14. The van der Waals surface area contributed by atoms with E-state index < -0.39 is 0 Å². The number of aliphatic imine (C=N–C) groups is 1. The predicted octanol–water partition coefficient (Wildman–Crippen LogP) is 2.25. The van der Waals surface area contributed by atoms with Crippen molar-refractivity contribution < 1.29 is 0 Å². The Labute approximate surface area is 87.7 Å². The number of aromatic nitrogens is 4. The van der Waals surface area contributed by atoms with Crippen molar-refractivity contribution in [2.24, 2.45) is 4.99 Å². The smallest absolute Gasteiger partial charge is 0.182 e. The van der Waals surface area contributed by atoms with Gasteiger partial charge in [0, 0.05) is 5.71 Å². The van der Waals surface area contributed by atoms with Crippen molar-refractivity contribution in [2.75, 3.05) is 0 Å². The van der Waals surface area contributed by atoms with E-state index in [4.69, 9.17) is 0 Å². The zero-order chi connectivity index (χ0) is 10.7. The molecule has 0 saturated heterocycles. The van der Waals surface area contributed by atoms with Gasteiger partial charge in [-0.3, -0.25) is 0 Å². The molecule has 0 fully saturated rings. The molecule has 0 aliphatic carbocycles. The second-order valence-electron chi connectivity index (χ2n) is 3.40. The Bertz CT molecular complexity index is 485. The summed E-state index contributed by atoms with van der Waals surface area (Å²) in [5.41, 5.74) is 2.54. The number of nitrogens with zero attached hydrogens (tertiary/aromatic N) is 4. The van der Waals surface area contributed by atoms with Crippen molar-refractivity contribution in [1.29, 1.82) is 0 Å². The van der Waals surface area contributed by atoms with Crippen molar-refractivity contribution >= 4 is 22.7 Å². The van der Waals surface area contributed by atoms with E-state index >= 15 is 0 Å². The molecule has 0 spiro atoms. The van der Waals surface area contributed by atoms with Gasteiger partial charge in [-0.2, -0.15) is 0 Å².